The number of para-hydroxylation sites is 1. The lowest BCUT2D eigenvalue weighted by molar-refractivity contribution is 0.0884. The summed E-state index contributed by atoms with van der Waals surface area (Å²) >= 11 is 0. The van der Waals surface area contributed by atoms with Crippen LogP contribution in [0.25, 0.3) is 0 Å². The molecule has 2 aromatic rings. The zero-order chi connectivity index (χ0) is 17.5. The van der Waals surface area contributed by atoms with Crippen LogP contribution in [0.4, 0.5) is 0 Å². The highest BCUT2D eigenvalue weighted by atomic mass is 16.5. The Labute approximate surface area is 150 Å². The topological polar surface area (TPSA) is 44.7 Å². The van der Waals surface area contributed by atoms with Crippen LogP contribution in [-0.4, -0.2) is 42.9 Å². The Morgan fingerprint density at radius 2 is 1.88 bits per heavy atom. The van der Waals surface area contributed by atoms with Crippen LogP contribution in [0.1, 0.15) is 30.0 Å². The Hall–Kier alpha value is -1.88. The molecular formula is C21H28N2O2. The van der Waals surface area contributed by atoms with E-state index in [0.717, 1.165) is 31.7 Å². The molecule has 2 atom stereocenters. The van der Waals surface area contributed by atoms with Gasteiger partial charge in [0.25, 0.3) is 0 Å². The first-order valence-corrected chi connectivity index (χ1v) is 9.08. The molecule has 0 spiro atoms. The number of nitrogens with zero attached hydrogens (tertiary/aromatic N) is 1. The van der Waals surface area contributed by atoms with E-state index in [-0.39, 0.29) is 12.6 Å². The van der Waals surface area contributed by atoms with Crippen molar-refractivity contribution in [1.82, 2.24) is 10.2 Å². The molecule has 2 unspecified atom stereocenters. The summed E-state index contributed by atoms with van der Waals surface area (Å²) < 4.78 is 5.47. The molecule has 25 heavy (non-hydrogen) atoms. The normalized spacial score (nSPS) is 21.2. The van der Waals surface area contributed by atoms with Crippen LogP contribution in [0.2, 0.25) is 0 Å². The van der Waals surface area contributed by atoms with E-state index in [9.17, 15) is 5.11 Å². The van der Waals surface area contributed by atoms with Crippen LogP contribution in [0.5, 0.6) is 5.75 Å². The summed E-state index contributed by atoms with van der Waals surface area (Å²) in [7, 11) is 1.72. The average molecular weight is 340 g/mol. The van der Waals surface area contributed by atoms with E-state index in [2.05, 4.69) is 46.6 Å². The minimum atomic E-state index is 0.197. The maximum atomic E-state index is 9.47. The van der Waals surface area contributed by atoms with E-state index in [4.69, 9.17) is 4.74 Å². The Bertz CT molecular complexity index is 645. The molecule has 0 aromatic heterocycles. The Kier molecular flexibility index (Phi) is 6.45. The van der Waals surface area contributed by atoms with Crippen molar-refractivity contribution >= 4 is 0 Å². The Morgan fingerprint density at radius 3 is 2.64 bits per heavy atom. The molecule has 1 aliphatic heterocycles. The van der Waals surface area contributed by atoms with E-state index in [1.165, 1.54) is 11.1 Å². The van der Waals surface area contributed by atoms with Gasteiger partial charge in [-0.15, -0.1) is 0 Å². The van der Waals surface area contributed by atoms with Gasteiger partial charge in [-0.2, -0.15) is 0 Å². The SMILES string of the molecule is COc1ccccc1CNC1CCCN(CCO)C1c1ccccc1. The number of nitrogens with one attached hydrogen (secondary N) is 1. The number of hydrogen-bond donors (Lipinski definition) is 2. The highest BCUT2D eigenvalue weighted by molar-refractivity contribution is 5.33. The van der Waals surface area contributed by atoms with Gasteiger partial charge in [-0.1, -0.05) is 48.5 Å². The molecule has 2 aromatic carbocycles. The minimum absolute atomic E-state index is 0.197. The molecule has 0 radical (unpaired) electrons. The lowest BCUT2D eigenvalue weighted by Crippen LogP contribution is -2.48. The molecule has 1 saturated heterocycles. The second-order valence-electron chi connectivity index (χ2n) is 6.56. The maximum Gasteiger partial charge on any atom is 0.123 e. The average Bonchev–Trinajstić information content (AvgIpc) is 2.67. The van der Waals surface area contributed by atoms with E-state index >= 15 is 0 Å². The van der Waals surface area contributed by atoms with Crippen LogP contribution in [0.15, 0.2) is 54.6 Å². The summed E-state index contributed by atoms with van der Waals surface area (Å²) in [6.45, 7) is 2.73. The van der Waals surface area contributed by atoms with Crippen molar-refractivity contribution in [2.24, 2.45) is 0 Å². The molecule has 4 nitrogen and oxygen atoms in total. The summed E-state index contributed by atoms with van der Waals surface area (Å²) in [5.74, 6) is 0.925. The first kappa shape index (κ1) is 17.9. The summed E-state index contributed by atoms with van der Waals surface area (Å²) in [5, 5.41) is 13.2. The maximum absolute atomic E-state index is 9.47. The van der Waals surface area contributed by atoms with Gasteiger partial charge in [0.2, 0.25) is 0 Å². The van der Waals surface area contributed by atoms with Crippen LogP contribution < -0.4 is 10.1 Å². The number of likely N-dealkylation sites (tertiary alicyclic amines) is 1. The van der Waals surface area contributed by atoms with Crippen molar-refractivity contribution < 1.29 is 9.84 Å². The third kappa shape index (κ3) is 4.40. The van der Waals surface area contributed by atoms with Crippen molar-refractivity contribution in [2.75, 3.05) is 26.8 Å². The van der Waals surface area contributed by atoms with Gasteiger partial charge in [0.15, 0.2) is 0 Å². The molecule has 1 aliphatic rings. The fourth-order valence-electron chi connectivity index (χ4n) is 3.84. The third-order valence-electron chi connectivity index (χ3n) is 5.01. The number of benzene rings is 2. The van der Waals surface area contributed by atoms with E-state index in [1.54, 1.807) is 7.11 Å². The van der Waals surface area contributed by atoms with E-state index in [0.29, 0.717) is 12.6 Å². The van der Waals surface area contributed by atoms with Gasteiger partial charge in [0.1, 0.15) is 5.75 Å². The monoisotopic (exact) mass is 340 g/mol. The van der Waals surface area contributed by atoms with Crippen LogP contribution in [0, 0.1) is 0 Å². The van der Waals surface area contributed by atoms with Crippen molar-refractivity contribution in [3.05, 3.63) is 65.7 Å². The van der Waals surface area contributed by atoms with Crippen molar-refractivity contribution in [3.63, 3.8) is 0 Å². The fraction of sp³-hybridized carbons (Fsp3) is 0.429. The van der Waals surface area contributed by atoms with E-state index < -0.39 is 0 Å². The number of piperidine rings is 1. The number of aliphatic hydroxyl groups excluding tert-OH is 1. The molecule has 134 valence electrons. The number of β-amino-alcohol motifs (C(OH)–C–C–N with tert-alkyl or cyclic N) is 1. The Balaban J connectivity index is 1.77. The number of methoxy groups -OCH3 is 1. The predicted molar refractivity (Wildman–Crippen MR) is 101 cm³/mol. The molecule has 0 amide bonds. The summed E-state index contributed by atoms with van der Waals surface area (Å²) in [6.07, 6.45) is 2.28. The van der Waals surface area contributed by atoms with Gasteiger partial charge >= 0.3 is 0 Å². The standard InChI is InChI=1S/C21H28N2O2/c1-25-20-12-6-5-10-18(20)16-22-19-11-7-13-23(14-15-24)21(19)17-8-3-2-4-9-17/h2-6,8-10,12,19,21-22,24H,7,11,13-16H2,1H3. The molecule has 1 fully saturated rings. The summed E-state index contributed by atoms with van der Waals surface area (Å²) in [5.41, 5.74) is 2.49. The second-order valence-corrected chi connectivity index (χ2v) is 6.56. The van der Waals surface area contributed by atoms with Crippen molar-refractivity contribution in [3.8, 4) is 5.75 Å². The lowest BCUT2D eigenvalue weighted by atomic mass is 9.90. The first-order valence-electron chi connectivity index (χ1n) is 9.08. The number of aliphatic hydroxyl groups is 1. The number of rotatable bonds is 7. The van der Waals surface area contributed by atoms with Crippen molar-refractivity contribution in [2.45, 2.75) is 31.5 Å². The number of ether oxygens (including phenoxy) is 1. The van der Waals surface area contributed by atoms with Crippen molar-refractivity contribution in [1.29, 1.82) is 0 Å². The molecule has 0 aliphatic carbocycles. The molecule has 0 bridgehead atoms. The molecular weight excluding hydrogens is 312 g/mol. The quantitative estimate of drug-likeness (QED) is 0.813. The molecule has 4 heteroatoms. The van der Waals surface area contributed by atoms with Gasteiger partial charge in [-0.25, -0.2) is 0 Å². The highest BCUT2D eigenvalue weighted by Gasteiger charge is 2.32. The van der Waals surface area contributed by atoms with Crippen LogP contribution >= 0.6 is 0 Å². The number of hydrogen-bond acceptors (Lipinski definition) is 4. The first-order chi connectivity index (χ1) is 12.3. The van der Waals surface area contributed by atoms with Gasteiger partial charge < -0.3 is 15.2 Å². The zero-order valence-corrected chi connectivity index (χ0v) is 14.9. The van der Waals surface area contributed by atoms with Gasteiger partial charge in [0, 0.05) is 24.7 Å². The second kappa shape index (κ2) is 8.99. The molecule has 1 heterocycles. The van der Waals surface area contributed by atoms with E-state index in [1.807, 2.05) is 18.2 Å². The smallest absolute Gasteiger partial charge is 0.123 e. The summed E-state index contributed by atoms with van der Waals surface area (Å²) in [4.78, 5) is 2.40. The van der Waals surface area contributed by atoms with Crippen LogP contribution in [0.3, 0.4) is 0 Å². The third-order valence-corrected chi connectivity index (χ3v) is 5.01. The summed E-state index contributed by atoms with van der Waals surface area (Å²) in [6, 6.07) is 19.4. The Morgan fingerprint density at radius 1 is 1.12 bits per heavy atom. The van der Waals surface area contributed by atoms with Gasteiger partial charge in [-0.05, 0) is 31.0 Å². The predicted octanol–water partition coefficient (Wildman–Crippen LogP) is 2.98. The zero-order valence-electron chi connectivity index (χ0n) is 14.9. The molecule has 2 N–H and O–H groups in total. The lowest BCUT2D eigenvalue weighted by Gasteiger charge is -2.42. The van der Waals surface area contributed by atoms with Crippen LogP contribution in [-0.2, 0) is 6.54 Å². The molecule has 3 rings (SSSR count). The van der Waals surface area contributed by atoms with Gasteiger partial charge in [-0.3, -0.25) is 4.90 Å². The van der Waals surface area contributed by atoms with Gasteiger partial charge in [0.05, 0.1) is 19.8 Å². The highest BCUT2D eigenvalue weighted by Crippen LogP contribution is 2.31. The minimum Gasteiger partial charge on any atom is -0.496 e. The largest absolute Gasteiger partial charge is 0.496 e. The molecule has 0 saturated carbocycles. The fourth-order valence-corrected chi connectivity index (χ4v) is 3.84.